The lowest BCUT2D eigenvalue weighted by Gasteiger charge is -2.62. The van der Waals surface area contributed by atoms with Crippen molar-refractivity contribution >= 4 is 17.8 Å². The van der Waals surface area contributed by atoms with Crippen LogP contribution in [0.3, 0.4) is 0 Å². The molecule has 2 bridgehead atoms. The van der Waals surface area contributed by atoms with Gasteiger partial charge in [0.25, 0.3) is 5.91 Å². The molecule has 6 rings (SSSR count). The number of methoxy groups -OCH3 is 1. The fraction of sp³-hybridized carbons (Fsp3) is 0.659. The minimum absolute atomic E-state index is 0.00772. The van der Waals surface area contributed by atoms with Crippen molar-refractivity contribution in [1.29, 1.82) is 0 Å². The Balaban J connectivity index is 1.41. The largest absolute Gasteiger partial charge is 0.496 e. The molecule has 12 heteroatoms. The van der Waals surface area contributed by atoms with E-state index in [9.17, 15) is 19.5 Å². The van der Waals surface area contributed by atoms with Crippen LogP contribution in [-0.2, 0) is 30.4 Å². The molecule has 1 saturated heterocycles. The molecule has 56 heavy (non-hydrogen) atoms. The number of esters is 1. The third-order valence-corrected chi connectivity index (χ3v) is 12.4. The molecule has 2 aromatic rings. The lowest BCUT2D eigenvalue weighted by Crippen LogP contribution is -2.62. The van der Waals surface area contributed by atoms with E-state index in [2.05, 4.69) is 50.2 Å². The number of carbonyl (C=O) groups excluding carboxylic acids is 3. The Hall–Kier alpha value is -3.55. The molecule has 1 aliphatic heterocycles. The highest BCUT2D eigenvalue weighted by Gasteiger charge is 2.57. The number of rotatable bonds is 18. The van der Waals surface area contributed by atoms with E-state index >= 15 is 0 Å². The molecule has 2 aromatic carbocycles. The first-order chi connectivity index (χ1) is 26.5. The van der Waals surface area contributed by atoms with Gasteiger partial charge in [0.1, 0.15) is 24.5 Å². The number of aliphatic hydroxyl groups excluding tert-OH is 1. The van der Waals surface area contributed by atoms with Crippen LogP contribution in [0, 0.1) is 35.0 Å². The average Bonchev–Trinajstić information content (AvgIpc) is 3.49. The lowest BCUT2D eigenvalue weighted by molar-refractivity contribution is -0.188. The van der Waals surface area contributed by atoms with Crippen LogP contribution in [0.25, 0.3) is 11.1 Å². The normalized spacial score (nSPS) is 26.7. The van der Waals surface area contributed by atoms with E-state index in [0.717, 1.165) is 36.1 Å². The number of amides is 2. The molecule has 0 unspecified atom stereocenters. The number of para-hydroxylation sites is 1. The Morgan fingerprint density at radius 1 is 1.09 bits per heavy atom. The maximum atomic E-state index is 14.5. The van der Waals surface area contributed by atoms with Gasteiger partial charge in [-0.25, -0.2) is 4.79 Å². The second-order valence-electron chi connectivity index (χ2n) is 17.5. The molecule has 12 nitrogen and oxygen atoms in total. The maximum Gasteiger partial charge on any atom is 0.332 e. The molecule has 2 amide bonds. The van der Waals surface area contributed by atoms with Crippen molar-refractivity contribution < 1.29 is 38.5 Å². The van der Waals surface area contributed by atoms with Crippen LogP contribution >= 0.6 is 0 Å². The van der Waals surface area contributed by atoms with Gasteiger partial charge in [-0.3, -0.25) is 14.4 Å². The summed E-state index contributed by atoms with van der Waals surface area (Å²) in [5.74, 6) is 0.919. The molecular weight excluding hydrogens is 713 g/mol. The summed E-state index contributed by atoms with van der Waals surface area (Å²) in [6, 6.07) is 12.5. The van der Waals surface area contributed by atoms with Gasteiger partial charge < -0.3 is 34.9 Å². The zero-order valence-electron chi connectivity index (χ0n) is 35.2. The summed E-state index contributed by atoms with van der Waals surface area (Å²) in [6.07, 6.45) is 1.32. The third-order valence-electron chi connectivity index (χ3n) is 12.4. The zero-order valence-corrected chi connectivity index (χ0v) is 35.2. The number of nitrogens with one attached hydrogen (secondary N) is 2. The summed E-state index contributed by atoms with van der Waals surface area (Å²) in [7, 11) is 5.62. The monoisotopic (exact) mass is 778 g/mol. The van der Waals surface area contributed by atoms with Crippen molar-refractivity contribution in [2.24, 2.45) is 35.0 Å². The van der Waals surface area contributed by atoms with E-state index in [4.69, 9.17) is 19.0 Å². The first-order valence-electron chi connectivity index (χ1n) is 20.4. The van der Waals surface area contributed by atoms with Gasteiger partial charge >= 0.3 is 5.97 Å². The van der Waals surface area contributed by atoms with Gasteiger partial charge in [-0.2, -0.15) is 5.06 Å². The number of fused-ring (bicyclic) bond motifs is 2. The minimum Gasteiger partial charge on any atom is -0.496 e. The van der Waals surface area contributed by atoms with E-state index in [1.807, 2.05) is 56.6 Å². The van der Waals surface area contributed by atoms with Gasteiger partial charge in [-0.15, -0.1) is 0 Å². The smallest absolute Gasteiger partial charge is 0.332 e. The second kappa shape index (κ2) is 18.8. The van der Waals surface area contributed by atoms with Gasteiger partial charge in [-0.05, 0) is 94.0 Å². The number of aliphatic hydroxyl groups is 1. The quantitative estimate of drug-likeness (QED) is 0.171. The Morgan fingerprint density at radius 3 is 2.45 bits per heavy atom. The summed E-state index contributed by atoms with van der Waals surface area (Å²) < 4.78 is 16.8. The molecule has 9 atom stereocenters. The van der Waals surface area contributed by atoms with Gasteiger partial charge in [0.2, 0.25) is 5.91 Å². The topological polar surface area (TPSA) is 139 Å². The number of carbonyl (C=O) groups is 3. The highest BCUT2D eigenvalue weighted by Crippen LogP contribution is 2.61. The second-order valence-corrected chi connectivity index (χ2v) is 17.5. The summed E-state index contributed by atoms with van der Waals surface area (Å²) in [6.45, 7) is 15.4. The van der Waals surface area contributed by atoms with Gasteiger partial charge in [0.05, 0.1) is 33.0 Å². The number of hydrogen-bond donors (Lipinski definition) is 3. The van der Waals surface area contributed by atoms with E-state index in [0.29, 0.717) is 35.0 Å². The SMILES string of the molecule is CCOC(=O)COC[C@@H]1ON(Cc2cccc(-c3cccc(C(=O)N[C@H](CC(C)C)CN(C)C)c3)c2OC)[C@H](C(=O)N[C@H]2C[C@H]3C[C@@H]([C@@H]2C)C3(C)C)[C@@H]1[C@H](C)O. The van der Waals surface area contributed by atoms with Crippen LogP contribution < -0.4 is 15.4 Å². The zero-order chi connectivity index (χ0) is 40.9. The van der Waals surface area contributed by atoms with Gasteiger partial charge in [-0.1, -0.05) is 65.0 Å². The number of benzene rings is 2. The summed E-state index contributed by atoms with van der Waals surface area (Å²) >= 11 is 0. The Kier molecular flexibility index (Phi) is 14.6. The van der Waals surface area contributed by atoms with Crippen LogP contribution in [-0.4, -0.2) is 111 Å². The van der Waals surface area contributed by atoms with Crippen molar-refractivity contribution in [3.63, 3.8) is 0 Å². The Bertz CT molecular complexity index is 1650. The molecule has 3 saturated carbocycles. The molecule has 3 N–H and O–H groups in total. The number of likely N-dealkylation sites (N-methyl/N-ethyl adjacent to an activating group) is 1. The maximum absolute atomic E-state index is 14.5. The predicted molar refractivity (Wildman–Crippen MR) is 216 cm³/mol. The molecule has 0 spiro atoms. The van der Waals surface area contributed by atoms with Gasteiger partial charge in [0, 0.05) is 41.2 Å². The first kappa shape index (κ1) is 43.6. The molecule has 310 valence electrons. The van der Waals surface area contributed by atoms with Crippen molar-refractivity contribution in [1.82, 2.24) is 20.6 Å². The fourth-order valence-corrected chi connectivity index (χ4v) is 9.56. The van der Waals surface area contributed by atoms with Crippen molar-refractivity contribution in [2.45, 2.75) is 105 Å². The minimum atomic E-state index is -0.928. The molecule has 4 fully saturated rings. The standard InChI is InChI=1S/C44H66N4O8/c1-11-55-38(50)25-54-24-37-39(28(5)49)40(43(52)46-36-21-32-20-35(27(36)4)44(32,6)7)48(56-37)22-31-16-13-17-34(41(31)53-10)29-14-12-15-30(19-29)42(51)45-33(18-26(2)3)23-47(8)9/h12-17,19,26-28,32-33,35-37,39-40,49H,11,18,20-25H2,1-10H3,(H,45,51)(H,46,52)/t27-,28-,32+,33+,35-,36-,37-,39+,40-/m0/s1. The summed E-state index contributed by atoms with van der Waals surface area (Å²) in [5, 5.41) is 19.5. The Morgan fingerprint density at radius 2 is 1.82 bits per heavy atom. The van der Waals surface area contributed by atoms with Crippen molar-refractivity contribution in [2.75, 3.05) is 47.6 Å². The Labute approximate surface area is 333 Å². The summed E-state index contributed by atoms with van der Waals surface area (Å²) in [5.41, 5.74) is 3.16. The first-order valence-corrected chi connectivity index (χ1v) is 20.4. The molecule has 1 heterocycles. The van der Waals surface area contributed by atoms with Crippen LogP contribution in [0.1, 0.15) is 83.7 Å². The van der Waals surface area contributed by atoms with E-state index in [1.54, 1.807) is 26.0 Å². The highest BCUT2D eigenvalue weighted by atomic mass is 16.7. The van der Waals surface area contributed by atoms with Crippen LogP contribution in [0.15, 0.2) is 42.5 Å². The summed E-state index contributed by atoms with van der Waals surface area (Å²) in [4.78, 5) is 48.7. The highest BCUT2D eigenvalue weighted by molar-refractivity contribution is 5.96. The van der Waals surface area contributed by atoms with Crippen LogP contribution in [0.2, 0.25) is 0 Å². The molecule has 0 radical (unpaired) electrons. The molecule has 4 aliphatic rings. The number of ether oxygens (including phenoxy) is 3. The number of hydrogen-bond acceptors (Lipinski definition) is 10. The molecule has 3 aliphatic carbocycles. The lowest BCUT2D eigenvalue weighted by atomic mass is 9.45. The van der Waals surface area contributed by atoms with E-state index in [-0.39, 0.29) is 55.7 Å². The van der Waals surface area contributed by atoms with Crippen molar-refractivity contribution in [3.8, 4) is 16.9 Å². The van der Waals surface area contributed by atoms with Crippen molar-refractivity contribution in [3.05, 3.63) is 53.6 Å². The van der Waals surface area contributed by atoms with Crippen LogP contribution in [0.5, 0.6) is 5.75 Å². The van der Waals surface area contributed by atoms with Gasteiger partial charge in [0.15, 0.2) is 0 Å². The number of hydroxylamine groups is 2. The van der Waals surface area contributed by atoms with E-state index < -0.39 is 30.1 Å². The van der Waals surface area contributed by atoms with E-state index in [1.165, 1.54) is 6.42 Å². The average molecular weight is 779 g/mol. The van der Waals surface area contributed by atoms with Crippen LogP contribution in [0.4, 0.5) is 0 Å². The fourth-order valence-electron chi connectivity index (χ4n) is 9.56. The molecule has 0 aromatic heterocycles. The molecular formula is C44H66N4O8. The predicted octanol–water partition coefficient (Wildman–Crippen LogP) is 5.32. The number of nitrogens with zero attached hydrogens (tertiary/aromatic N) is 2. The third kappa shape index (κ3) is 9.93.